The summed E-state index contributed by atoms with van der Waals surface area (Å²) in [6.07, 6.45) is -0.871. The number of alkyl halides is 2. The van der Waals surface area contributed by atoms with Gasteiger partial charge in [0, 0.05) is 6.04 Å². The van der Waals surface area contributed by atoms with E-state index in [9.17, 15) is 18.0 Å². The van der Waals surface area contributed by atoms with Crippen LogP contribution in [0, 0.1) is 18.2 Å². The van der Waals surface area contributed by atoms with Gasteiger partial charge in [-0.15, -0.1) is 0 Å². The average Bonchev–Trinajstić information content (AvgIpc) is 2.96. The topological polar surface area (TPSA) is 20.3 Å². The van der Waals surface area contributed by atoms with E-state index in [0.717, 1.165) is 11.1 Å². The first-order valence-electron chi connectivity index (χ1n) is 7.77. The second-order valence-corrected chi connectivity index (χ2v) is 6.54. The summed E-state index contributed by atoms with van der Waals surface area (Å²) in [6, 6.07) is 4.27. The summed E-state index contributed by atoms with van der Waals surface area (Å²) < 4.78 is 40.7. The van der Waals surface area contributed by atoms with Crippen molar-refractivity contribution in [2.24, 2.45) is 5.41 Å². The zero-order valence-electron chi connectivity index (χ0n) is 12.8. The fourth-order valence-electron chi connectivity index (χ4n) is 4.07. The predicted octanol–water partition coefficient (Wildman–Crippen LogP) is 4.23. The number of carbonyl (C=O) groups is 1. The zero-order valence-corrected chi connectivity index (χ0v) is 12.8. The van der Waals surface area contributed by atoms with E-state index in [-0.39, 0.29) is 30.7 Å². The molecule has 120 valence electrons. The van der Waals surface area contributed by atoms with Gasteiger partial charge in [0.1, 0.15) is 11.2 Å². The Hall–Kier alpha value is -1.52. The minimum Gasteiger partial charge on any atom is -0.332 e. The van der Waals surface area contributed by atoms with Crippen LogP contribution < -0.4 is 0 Å². The van der Waals surface area contributed by atoms with Crippen LogP contribution >= 0.6 is 0 Å². The molecule has 2 fully saturated rings. The highest BCUT2D eigenvalue weighted by Gasteiger charge is 2.59. The molecule has 3 rings (SSSR count). The Morgan fingerprint density at radius 3 is 2.64 bits per heavy atom. The first-order chi connectivity index (χ1) is 10.4. The molecule has 2 aliphatic rings. The van der Waals surface area contributed by atoms with E-state index in [4.69, 9.17) is 0 Å². The highest BCUT2D eigenvalue weighted by Crippen LogP contribution is 2.52. The van der Waals surface area contributed by atoms with Crippen LogP contribution in [0.5, 0.6) is 0 Å². The van der Waals surface area contributed by atoms with E-state index in [2.05, 4.69) is 0 Å². The molecule has 2 aliphatic heterocycles. The van der Waals surface area contributed by atoms with Crippen LogP contribution in [0.3, 0.4) is 0 Å². The van der Waals surface area contributed by atoms with Crippen LogP contribution in [-0.2, 0) is 4.79 Å². The fraction of sp³-hybridized carbons (Fsp3) is 0.588. The molecule has 0 saturated carbocycles. The maximum atomic E-state index is 13.6. The zero-order chi connectivity index (χ0) is 16.1. The lowest BCUT2D eigenvalue weighted by atomic mass is 9.81. The number of aryl methyl sites for hydroxylation is 1. The number of hydrogen-bond acceptors (Lipinski definition) is 1. The number of nitrogens with zero attached hydrogens (tertiary/aromatic N) is 1. The number of fused-ring (bicyclic) bond motifs is 1. The second-order valence-electron chi connectivity index (χ2n) is 6.54. The number of hydrogen-bond donors (Lipinski definition) is 0. The van der Waals surface area contributed by atoms with Gasteiger partial charge < -0.3 is 4.90 Å². The highest BCUT2D eigenvalue weighted by molar-refractivity contribution is 5.86. The van der Waals surface area contributed by atoms with Crippen molar-refractivity contribution in [3.63, 3.8) is 0 Å². The van der Waals surface area contributed by atoms with Crippen molar-refractivity contribution in [3.8, 4) is 0 Å². The maximum Gasteiger partial charge on any atom is 0.252 e. The van der Waals surface area contributed by atoms with E-state index in [0.29, 0.717) is 12.8 Å². The third kappa shape index (κ3) is 2.13. The number of benzene rings is 1. The molecule has 0 bridgehead atoms. The molecular weight excluding hydrogens is 291 g/mol. The molecule has 0 aliphatic carbocycles. The lowest BCUT2D eigenvalue weighted by molar-refractivity contribution is -0.146. The third-order valence-corrected chi connectivity index (χ3v) is 5.26. The van der Waals surface area contributed by atoms with Crippen LogP contribution in [0.2, 0.25) is 0 Å². The van der Waals surface area contributed by atoms with Crippen LogP contribution in [0.1, 0.15) is 49.8 Å². The minimum absolute atomic E-state index is 0.143. The number of halogens is 3. The van der Waals surface area contributed by atoms with Gasteiger partial charge in [-0.1, -0.05) is 13.0 Å². The summed E-state index contributed by atoms with van der Waals surface area (Å²) in [5.74, 6) is -0.805. The van der Waals surface area contributed by atoms with Crippen molar-refractivity contribution < 1.29 is 18.0 Å². The first-order valence-corrected chi connectivity index (χ1v) is 7.77. The Labute approximate surface area is 128 Å². The Kier molecular flexibility index (Phi) is 3.69. The molecule has 2 nitrogen and oxygen atoms in total. The molecule has 2 saturated heterocycles. The molecule has 1 aromatic rings. The van der Waals surface area contributed by atoms with Crippen LogP contribution in [0.4, 0.5) is 13.2 Å². The van der Waals surface area contributed by atoms with E-state index in [1.54, 1.807) is 18.7 Å². The summed E-state index contributed by atoms with van der Waals surface area (Å²) in [7, 11) is 0. The molecule has 3 atom stereocenters. The van der Waals surface area contributed by atoms with Gasteiger partial charge in [-0.05, 0) is 55.9 Å². The lowest BCUT2D eigenvalue weighted by Crippen LogP contribution is -2.40. The molecular formula is C17H20F3NO. The van der Waals surface area contributed by atoms with Crippen molar-refractivity contribution in [2.45, 2.75) is 58.0 Å². The smallest absolute Gasteiger partial charge is 0.252 e. The molecule has 1 amide bonds. The molecule has 0 radical (unpaired) electrons. The Bertz CT molecular complexity index is 583. The van der Waals surface area contributed by atoms with Gasteiger partial charge in [-0.3, -0.25) is 4.79 Å². The molecule has 0 aromatic heterocycles. The highest BCUT2D eigenvalue weighted by atomic mass is 19.3. The van der Waals surface area contributed by atoms with Crippen molar-refractivity contribution in [1.29, 1.82) is 0 Å². The van der Waals surface area contributed by atoms with Gasteiger partial charge in [-0.25, -0.2) is 13.2 Å². The molecule has 0 spiro atoms. The van der Waals surface area contributed by atoms with Crippen LogP contribution in [0.25, 0.3) is 0 Å². The summed E-state index contributed by atoms with van der Waals surface area (Å²) in [5.41, 5.74) is -0.0543. The summed E-state index contributed by atoms with van der Waals surface area (Å²) in [5, 5.41) is 0. The van der Waals surface area contributed by atoms with Crippen molar-refractivity contribution in [3.05, 3.63) is 35.1 Å². The van der Waals surface area contributed by atoms with Crippen molar-refractivity contribution in [2.75, 3.05) is 0 Å². The van der Waals surface area contributed by atoms with Gasteiger partial charge in [0.05, 0.1) is 6.04 Å². The molecule has 0 N–H and O–H groups in total. The standard InChI is InChI=1S/C17H20F3NO/c1-3-17(15(19)20)9-13-4-5-14(21(13)16(17)22)11-6-10(2)7-12(18)8-11/h6-8,13-15H,3-5,9H2,1-2H3/t13-,14+,17-/m1/s1. The Morgan fingerprint density at radius 2 is 2.05 bits per heavy atom. The van der Waals surface area contributed by atoms with Gasteiger partial charge in [-0.2, -0.15) is 0 Å². The quantitative estimate of drug-likeness (QED) is 0.818. The maximum absolute atomic E-state index is 13.6. The first kappa shape index (κ1) is 15.4. The lowest BCUT2D eigenvalue weighted by Gasteiger charge is -2.29. The second kappa shape index (κ2) is 5.28. The van der Waals surface area contributed by atoms with Crippen LogP contribution in [-0.4, -0.2) is 23.3 Å². The summed E-state index contributed by atoms with van der Waals surface area (Å²) >= 11 is 0. The van der Waals surface area contributed by atoms with Crippen LogP contribution in [0.15, 0.2) is 18.2 Å². The predicted molar refractivity (Wildman–Crippen MR) is 77.1 cm³/mol. The average molecular weight is 311 g/mol. The van der Waals surface area contributed by atoms with Crippen molar-refractivity contribution in [1.82, 2.24) is 4.90 Å². The monoisotopic (exact) mass is 311 g/mol. The Morgan fingerprint density at radius 1 is 1.32 bits per heavy atom. The summed E-state index contributed by atoms with van der Waals surface area (Å²) in [6.45, 7) is 3.44. The van der Waals surface area contributed by atoms with Gasteiger partial charge in [0.2, 0.25) is 5.91 Å². The summed E-state index contributed by atoms with van der Waals surface area (Å²) in [4.78, 5) is 14.3. The third-order valence-electron chi connectivity index (χ3n) is 5.26. The normalized spacial score (nSPS) is 31.2. The van der Waals surface area contributed by atoms with E-state index in [1.165, 1.54) is 12.1 Å². The molecule has 2 heterocycles. The van der Waals surface area contributed by atoms with E-state index in [1.807, 2.05) is 6.07 Å². The number of carbonyl (C=O) groups excluding carboxylic acids is 1. The molecule has 22 heavy (non-hydrogen) atoms. The van der Waals surface area contributed by atoms with Gasteiger partial charge >= 0.3 is 0 Å². The molecule has 1 aromatic carbocycles. The van der Waals surface area contributed by atoms with Crippen molar-refractivity contribution >= 4 is 5.91 Å². The molecule has 5 heteroatoms. The number of amides is 1. The minimum atomic E-state index is -2.65. The van der Waals surface area contributed by atoms with Gasteiger partial charge in [0.15, 0.2) is 0 Å². The molecule has 0 unspecified atom stereocenters. The Balaban J connectivity index is 1.96. The number of rotatable bonds is 3. The van der Waals surface area contributed by atoms with E-state index >= 15 is 0 Å². The SMILES string of the molecule is CC[C@]1(C(F)F)C[C@H]2CC[C@@H](c3cc(C)cc(F)c3)N2C1=O. The van der Waals surface area contributed by atoms with Gasteiger partial charge in [0.25, 0.3) is 6.43 Å². The largest absolute Gasteiger partial charge is 0.332 e. The fourth-order valence-corrected chi connectivity index (χ4v) is 4.07. The van der Waals surface area contributed by atoms with E-state index < -0.39 is 17.7 Å².